The van der Waals surface area contributed by atoms with Gasteiger partial charge in [-0.25, -0.2) is 0 Å². The van der Waals surface area contributed by atoms with Crippen molar-refractivity contribution in [3.05, 3.63) is 47.5 Å². The van der Waals surface area contributed by atoms with Gasteiger partial charge in [-0.3, -0.25) is 0 Å². The lowest BCUT2D eigenvalue weighted by Gasteiger charge is -2.16. The Bertz CT molecular complexity index is 366. The van der Waals surface area contributed by atoms with Crippen molar-refractivity contribution in [2.45, 2.75) is 51.5 Å². The molecule has 1 N–H and O–H groups in total. The fourth-order valence-electron chi connectivity index (χ4n) is 2.63. The second-order valence-corrected chi connectivity index (χ2v) is 5.30. The zero-order chi connectivity index (χ0) is 12.6. The lowest BCUT2D eigenvalue weighted by Crippen LogP contribution is -2.19. The molecule has 0 spiro atoms. The van der Waals surface area contributed by atoms with Crippen molar-refractivity contribution in [1.29, 1.82) is 0 Å². The normalized spacial score (nSPS) is 17.3. The van der Waals surface area contributed by atoms with E-state index in [4.69, 9.17) is 0 Å². The van der Waals surface area contributed by atoms with Crippen LogP contribution in [0.15, 0.2) is 42.0 Å². The van der Waals surface area contributed by atoms with Crippen LogP contribution in [0, 0.1) is 0 Å². The Morgan fingerprint density at radius 3 is 2.72 bits per heavy atom. The van der Waals surface area contributed by atoms with Crippen molar-refractivity contribution in [3.8, 4) is 0 Å². The Morgan fingerprint density at radius 1 is 1.17 bits per heavy atom. The summed E-state index contributed by atoms with van der Waals surface area (Å²) in [7, 11) is 0. The molecule has 98 valence electrons. The SMILES string of the molecule is C[C@H](NCCCC1=CCCCC1)c1ccccc1. The monoisotopic (exact) mass is 243 g/mol. The summed E-state index contributed by atoms with van der Waals surface area (Å²) in [5, 5.41) is 3.61. The van der Waals surface area contributed by atoms with Crippen LogP contribution in [0.3, 0.4) is 0 Å². The molecule has 0 heterocycles. The van der Waals surface area contributed by atoms with Gasteiger partial charge in [-0.05, 0) is 57.6 Å². The van der Waals surface area contributed by atoms with E-state index in [-0.39, 0.29) is 0 Å². The van der Waals surface area contributed by atoms with E-state index in [2.05, 4.69) is 48.6 Å². The number of rotatable bonds is 6. The zero-order valence-electron chi connectivity index (χ0n) is 11.5. The fraction of sp³-hybridized carbons (Fsp3) is 0.529. The van der Waals surface area contributed by atoms with Crippen LogP contribution >= 0.6 is 0 Å². The quantitative estimate of drug-likeness (QED) is 0.568. The molecule has 1 nitrogen and oxygen atoms in total. The molecule has 0 radical (unpaired) electrons. The van der Waals surface area contributed by atoms with Gasteiger partial charge in [0, 0.05) is 6.04 Å². The maximum absolute atomic E-state index is 3.61. The Kier molecular flexibility index (Phi) is 5.47. The Balaban J connectivity index is 1.65. The lowest BCUT2D eigenvalue weighted by atomic mass is 9.96. The Labute approximate surface area is 111 Å². The van der Waals surface area contributed by atoms with Gasteiger partial charge < -0.3 is 5.32 Å². The van der Waals surface area contributed by atoms with Crippen LogP contribution in [-0.2, 0) is 0 Å². The zero-order valence-corrected chi connectivity index (χ0v) is 11.5. The first-order valence-electron chi connectivity index (χ1n) is 7.32. The highest BCUT2D eigenvalue weighted by Crippen LogP contribution is 2.21. The number of allylic oxidation sites excluding steroid dienone is 2. The van der Waals surface area contributed by atoms with E-state index in [9.17, 15) is 0 Å². The number of hydrogen-bond donors (Lipinski definition) is 1. The third kappa shape index (κ3) is 4.30. The summed E-state index contributed by atoms with van der Waals surface area (Å²) in [6.07, 6.45) is 10.5. The van der Waals surface area contributed by atoms with Gasteiger partial charge in [0.15, 0.2) is 0 Å². The average molecular weight is 243 g/mol. The maximum Gasteiger partial charge on any atom is 0.0291 e. The molecule has 1 atom stereocenters. The summed E-state index contributed by atoms with van der Waals surface area (Å²) in [4.78, 5) is 0. The highest BCUT2D eigenvalue weighted by Gasteiger charge is 2.05. The maximum atomic E-state index is 3.61. The second kappa shape index (κ2) is 7.38. The van der Waals surface area contributed by atoms with Crippen LogP contribution in [0.4, 0.5) is 0 Å². The molecule has 0 unspecified atom stereocenters. The average Bonchev–Trinajstić information content (AvgIpc) is 2.45. The fourth-order valence-corrected chi connectivity index (χ4v) is 2.63. The molecule has 0 aliphatic heterocycles. The molecule has 0 fully saturated rings. The van der Waals surface area contributed by atoms with Crippen molar-refractivity contribution < 1.29 is 0 Å². The molecule has 18 heavy (non-hydrogen) atoms. The van der Waals surface area contributed by atoms with Crippen LogP contribution < -0.4 is 5.32 Å². The van der Waals surface area contributed by atoms with E-state index < -0.39 is 0 Å². The highest BCUT2D eigenvalue weighted by molar-refractivity contribution is 5.18. The van der Waals surface area contributed by atoms with Gasteiger partial charge >= 0.3 is 0 Å². The number of hydrogen-bond acceptors (Lipinski definition) is 1. The molecule has 0 amide bonds. The minimum Gasteiger partial charge on any atom is -0.310 e. The van der Waals surface area contributed by atoms with Gasteiger partial charge in [-0.2, -0.15) is 0 Å². The third-order valence-electron chi connectivity index (χ3n) is 3.81. The molecule has 0 bridgehead atoms. The molecule has 0 aromatic heterocycles. The molecule has 1 aromatic carbocycles. The lowest BCUT2D eigenvalue weighted by molar-refractivity contribution is 0.550. The summed E-state index contributed by atoms with van der Waals surface area (Å²) in [6.45, 7) is 3.36. The Morgan fingerprint density at radius 2 is 2.00 bits per heavy atom. The molecule has 0 saturated carbocycles. The molecule has 1 aliphatic rings. The molecule has 1 aliphatic carbocycles. The smallest absolute Gasteiger partial charge is 0.0291 e. The minimum absolute atomic E-state index is 0.464. The minimum atomic E-state index is 0.464. The highest BCUT2D eigenvalue weighted by atomic mass is 14.9. The van der Waals surface area contributed by atoms with Crippen molar-refractivity contribution in [1.82, 2.24) is 5.32 Å². The van der Waals surface area contributed by atoms with Crippen molar-refractivity contribution >= 4 is 0 Å². The molecular weight excluding hydrogens is 218 g/mol. The number of benzene rings is 1. The van der Waals surface area contributed by atoms with Gasteiger partial charge in [-0.15, -0.1) is 0 Å². The summed E-state index contributed by atoms with van der Waals surface area (Å²) in [5.41, 5.74) is 3.07. The van der Waals surface area contributed by atoms with Crippen LogP contribution in [0.2, 0.25) is 0 Å². The molecule has 0 saturated heterocycles. The van der Waals surface area contributed by atoms with Gasteiger partial charge in [0.1, 0.15) is 0 Å². The Hall–Kier alpha value is -1.08. The summed E-state index contributed by atoms with van der Waals surface area (Å²) in [6, 6.07) is 11.2. The summed E-state index contributed by atoms with van der Waals surface area (Å²) in [5.74, 6) is 0. The van der Waals surface area contributed by atoms with Crippen molar-refractivity contribution in [3.63, 3.8) is 0 Å². The second-order valence-electron chi connectivity index (χ2n) is 5.30. The first-order valence-corrected chi connectivity index (χ1v) is 7.32. The van der Waals surface area contributed by atoms with Crippen molar-refractivity contribution in [2.24, 2.45) is 0 Å². The molecular formula is C17H25N. The standard InChI is InChI=1S/C17H25N/c1-15(17-12-6-3-7-13-17)18-14-8-11-16-9-4-2-5-10-16/h3,6-7,9,12-13,15,18H,2,4-5,8,10-11,14H2,1H3/t15-/m0/s1. The number of nitrogens with one attached hydrogen (secondary N) is 1. The van der Waals surface area contributed by atoms with E-state index in [1.165, 1.54) is 44.1 Å². The van der Waals surface area contributed by atoms with E-state index in [1.807, 2.05) is 0 Å². The van der Waals surface area contributed by atoms with Gasteiger partial charge in [0.2, 0.25) is 0 Å². The summed E-state index contributed by atoms with van der Waals surface area (Å²) >= 11 is 0. The predicted octanol–water partition coefficient (Wildman–Crippen LogP) is 4.62. The summed E-state index contributed by atoms with van der Waals surface area (Å²) < 4.78 is 0. The molecule has 1 heteroatoms. The first-order chi connectivity index (χ1) is 8.86. The van der Waals surface area contributed by atoms with Gasteiger partial charge in [0.05, 0.1) is 0 Å². The van der Waals surface area contributed by atoms with E-state index >= 15 is 0 Å². The van der Waals surface area contributed by atoms with Gasteiger partial charge in [0.25, 0.3) is 0 Å². The van der Waals surface area contributed by atoms with Crippen LogP contribution in [0.5, 0.6) is 0 Å². The van der Waals surface area contributed by atoms with E-state index in [0.29, 0.717) is 6.04 Å². The van der Waals surface area contributed by atoms with E-state index in [1.54, 1.807) is 5.57 Å². The van der Waals surface area contributed by atoms with Crippen LogP contribution in [0.1, 0.15) is 57.1 Å². The molecule has 2 rings (SSSR count). The van der Waals surface area contributed by atoms with E-state index in [0.717, 1.165) is 6.54 Å². The molecule has 1 aromatic rings. The van der Waals surface area contributed by atoms with Gasteiger partial charge in [-0.1, -0.05) is 42.0 Å². The largest absolute Gasteiger partial charge is 0.310 e. The van der Waals surface area contributed by atoms with Crippen LogP contribution in [-0.4, -0.2) is 6.54 Å². The third-order valence-corrected chi connectivity index (χ3v) is 3.81. The topological polar surface area (TPSA) is 12.0 Å². The van der Waals surface area contributed by atoms with Crippen LogP contribution in [0.25, 0.3) is 0 Å². The van der Waals surface area contributed by atoms with Crippen molar-refractivity contribution in [2.75, 3.05) is 6.54 Å². The predicted molar refractivity (Wildman–Crippen MR) is 78.6 cm³/mol. The first kappa shape index (κ1) is 13.4.